The second-order valence-electron chi connectivity index (χ2n) is 2.20. The van der Waals surface area contributed by atoms with Gasteiger partial charge in [-0.25, -0.2) is 4.98 Å². The van der Waals surface area contributed by atoms with E-state index in [1.54, 1.807) is 20.3 Å². The highest BCUT2D eigenvalue weighted by molar-refractivity contribution is 7.79. The van der Waals surface area contributed by atoms with Gasteiger partial charge in [-0.3, -0.25) is 0 Å². The maximum absolute atomic E-state index is 5.05. The van der Waals surface area contributed by atoms with Gasteiger partial charge < -0.3 is 9.47 Å². The van der Waals surface area contributed by atoms with Crippen LogP contribution in [0.5, 0.6) is 11.6 Å². The van der Waals surface area contributed by atoms with Crippen molar-refractivity contribution in [2.24, 2.45) is 0 Å². The number of methoxy groups -OCH3 is 2. The lowest BCUT2D eigenvalue weighted by Crippen LogP contribution is -1.93. The Morgan fingerprint density at radius 3 is 2.58 bits per heavy atom. The molecule has 1 heterocycles. The van der Waals surface area contributed by atoms with Gasteiger partial charge in [0.05, 0.1) is 19.9 Å². The van der Waals surface area contributed by atoms with Crippen LogP contribution in [0, 0.1) is 0 Å². The number of nitrogens with zero attached hydrogens (tertiary/aromatic N) is 1. The highest BCUT2D eigenvalue weighted by Crippen LogP contribution is 2.19. The predicted octanol–water partition coefficient (Wildman–Crippen LogP) is 1.53. The summed E-state index contributed by atoms with van der Waals surface area (Å²) in [4.78, 5) is 4.14. The maximum Gasteiger partial charge on any atom is 0.216 e. The van der Waals surface area contributed by atoms with E-state index in [4.69, 9.17) is 9.47 Å². The van der Waals surface area contributed by atoms with Crippen LogP contribution in [-0.4, -0.2) is 19.2 Å². The van der Waals surface area contributed by atoms with Gasteiger partial charge in [0, 0.05) is 17.9 Å². The van der Waals surface area contributed by atoms with Crippen molar-refractivity contribution in [2.75, 3.05) is 14.2 Å². The molecule has 0 unspecified atom stereocenters. The molecule has 1 aromatic heterocycles. The standard InChI is InChI=1S/C8H11NO2S/c1-10-7-3-6(5-12)9-8(4-7)11-2/h3-4,12H,5H2,1-2H3. The fourth-order valence-corrected chi connectivity index (χ4v) is 0.999. The Hall–Kier alpha value is -0.900. The summed E-state index contributed by atoms with van der Waals surface area (Å²) in [6.07, 6.45) is 0. The van der Waals surface area contributed by atoms with Gasteiger partial charge in [-0.05, 0) is 0 Å². The first kappa shape index (κ1) is 9.19. The van der Waals surface area contributed by atoms with Crippen molar-refractivity contribution in [2.45, 2.75) is 5.75 Å². The van der Waals surface area contributed by atoms with Crippen LogP contribution in [0.3, 0.4) is 0 Å². The molecule has 0 atom stereocenters. The van der Waals surface area contributed by atoms with E-state index in [9.17, 15) is 0 Å². The molecule has 0 bridgehead atoms. The number of pyridine rings is 1. The molecule has 0 saturated heterocycles. The van der Waals surface area contributed by atoms with Crippen molar-refractivity contribution < 1.29 is 9.47 Å². The smallest absolute Gasteiger partial charge is 0.216 e. The summed E-state index contributed by atoms with van der Waals surface area (Å²) < 4.78 is 10.0. The Bertz CT molecular complexity index is 210. The molecule has 0 fully saturated rings. The SMILES string of the molecule is COc1cc(CS)nc(OC)c1. The monoisotopic (exact) mass is 185 g/mol. The first-order valence-electron chi connectivity index (χ1n) is 3.50. The van der Waals surface area contributed by atoms with Crippen molar-refractivity contribution in [1.82, 2.24) is 4.98 Å². The van der Waals surface area contributed by atoms with Crippen LogP contribution in [0.25, 0.3) is 0 Å². The lowest BCUT2D eigenvalue weighted by molar-refractivity contribution is 0.381. The lowest BCUT2D eigenvalue weighted by atomic mass is 10.3. The Balaban J connectivity index is 3.01. The number of aromatic nitrogens is 1. The zero-order chi connectivity index (χ0) is 8.97. The van der Waals surface area contributed by atoms with Crippen molar-refractivity contribution >= 4 is 12.6 Å². The molecule has 66 valence electrons. The third kappa shape index (κ3) is 2.04. The van der Waals surface area contributed by atoms with Crippen LogP contribution in [0.15, 0.2) is 12.1 Å². The minimum Gasteiger partial charge on any atom is -0.496 e. The fourth-order valence-electron chi connectivity index (χ4n) is 0.837. The molecule has 0 amide bonds. The van der Waals surface area contributed by atoms with E-state index >= 15 is 0 Å². The first-order valence-corrected chi connectivity index (χ1v) is 4.13. The second kappa shape index (κ2) is 4.21. The number of hydrogen-bond donors (Lipinski definition) is 1. The van der Waals surface area contributed by atoms with E-state index in [2.05, 4.69) is 17.6 Å². The van der Waals surface area contributed by atoms with Crippen molar-refractivity contribution in [3.63, 3.8) is 0 Å². The summed E-state index contributed by atoms with van der Waals surface area (Å²) in [5.41, 5.74) is 0.842. The summed E-state index contributed by atoms with van der Waals surface area (Å²) in [5.74, 6) is 1.87. The summed E-state index contributed by atoms with van der Waals surface area (Å²) in [6, 6.07) is 3.56. The quantitative estimate of drug-likeness (QED) is 0.724. The molecule has 0 saturated carbocycles. The normalized spacial score (nSPS) is 9.58. The summed E-state index contributed by atoms with van der Waals surface area (Å²) in [5, 5.41) is 0. The number of hydrogen-bond acceptors (Lipinski definition) is 4. The molecule has 0 aliphatic carbocycles. The molecule has 1 rings (SSSR count). The van der Waals surface area contributed by atoms with Crippen LogP contribution in [0.1, 0.15) is 5.69 Å². The van der Waals surface area contributed by atoms with E-state index < -0.39 is 0 Å². The van der Waals surface area contributed by atoms with Crippen LogP contribution in [-0.2, 0) is 5.75 Å². The summed E-state index contributed by atoms with van der Waals surface area (Å²) >= 11 is 4.11. The van der Waals surface area contributed by atoms with Gasteiger partial charge in [-0.15, -0.1) is 0 Å². The molecular formula is C8H11NO2S. The Morgan fingerprint density at radius 2 is 2.08 bits per heavy atom. The predicted molar refractivity (Wildman–Crippen MR) is 50.0 cm³/mol. The molecule has 0 N–H and O–H groups in total. The number of rotatable bonds is 3. The molecule has 0 aliphatic heterocycles. The van der Waals surface area contributed by atoms with E-state index in [0.717, 1.165) is 11.4 Å². The van der Waals surface area contributed by atoms with Crippen molar-refractivity contribution in [3.05, 3.63) is 17.8 Å². The number of thiol groups is 1. The highest BCUT2D eigenvalue weighted by Gasteiger charge is 2.00. The zero-order valence-electron chi connectivity index (χ0n) is 7.07. The van der Waals surface area contributed by atoms with Crippen LogP contribution < -0.4 is 9.47 Å². The van der Waals surface area contributed by atoms with E-state index in [0.29, 0.717) is 11.6 Å². The molecule has 1 aromatic rings. The summed E-state index contributed by atoms with van der Waals surface area (Å²) in [6.45, 7) is 0. The van der Waals surface area contributed by atoms with Gasteiger partial charge in [0.15, 0.2) is 0 Å². The van der Waals surface area contributed by atoms with Crippen molar-refractivity contribution in [3.8, 4) is 11.6 Å². The maximum atomic E-state index is 5.05. The molecule has 0 aromatic carbocycles. The first-order chi connectivity index (χ1) is 5.80. The van der Waals surface area contributed by atoms with Gasteiger partial charge in [-0.2, -0.15) is 12.6 Å². The van der Waals surface area contributed by atoms with Gasteiger partial charge in [0.2, 0.25) is 5.88 Å². The third-order valence-corrected chi connectivity index (χ3v) is 1.76. The second-order valence-corrected chi connectivity index (χ2v) is 2.52. The van der Waals surface area contributed by atoms with Crippen LogP contribution in [0.2, 0.25) is 0 Å². The lowest BCUT2D eigenvalue weighted by Gasteiger charge is -2.04. The summed E-state index contributed by atoms with van der Waals surface area (Å²) in [7, 11) is 3.18. The molecule has 12 heavy (non-hydrogen) atoms. The van der Waals surface area contributed by atoms with E-state index in [1.807, 2.05) is 6.07 Å². The molecule has 0 radical (unpaired) electrons. The largest absolute Gasteiger partial charge is 0.496 e. The van der Waals surface area contributed by atoms with Crippen molar-refractivity contribution in [1.29, 1.82) is 0 Å². The van der Waals surface area contributed by atoms with E-state index in [1.165, 1.54) is 0 Å². The molecular weight excluding hydrogens is 174 g/mol. The third-order valence-electron chi connectivity index (χ3n) is 1.44. The minimum atomic E-state index is 0.554. The number of ether oxygens (including phenoxy) is 2. The van der Waals surface area contributed by atoms with E-state index in [-0.39, 0.29) is 0 Å². The molecule has 0 spiro atoms. The highest BCUT2D eigenvalue weighted by atomic mass is 32.1. The van der Waals surface area contributed by atoms with Crippen LogP contribution in [0.4, 0.5) is 0 Å². The van der Waals surface area contributed by atoms with Gasteiger partial charge in [0.1, 0.15) is 5.75 Å². The van der Waals surface area contributed by atoms with Gasteiger partial charge in [0.25, 0.3) is 0 Å². The topological polar surface area (TPSA) is 31.4 Å². The Labute approximate surface area is 77.1 Å². The molecule has 4 heteroatoms. The average molecular weight is 185 g/mol. The van der Waals surface area contributed by atoms with Gasteiger partial charge in [-0.1, -0.05) is 0 Å². The molecule has 0 aliphatic rings. The van der Waals surface area contributed by atoms with Gasteiger partial charge >= 0.3 is 0 Å². The Kier molecular flexibility index (Phi) is 3.22. The van der Waals surface area contributed by atoms with Crippen LogP contribution >= 0.6 is 12.6 Å². The zero-order valence-corrected chi connectivity index (χ0v) is 7.97. The Morgan fingerprint density at radius 1 is 1.33 bits per heavy atom. The minimum absolute atomic E-state index is 0.554. The molecule has 3 nitrogen and oxygen atoms in total. The average Bonchev–Trinajstić information content (AvgIpc) is 2.16. The fraction of sp³-hybridized carbons (Fsp3) is 0.375.